The van der Waals surface area contributed by atoms with Crippen molar-refractivity contribution < 1.29 is 14.6 Å². The maximum Gasteiger partial charge on any atom is 0.156 e. The molecule has 0 heterocycles. The normalized spacial score (nSPS) is 11.7. The SMILES string of the molecule is CCOc1ccc2cc(/C(O)=C/C(C)=O)ccc2c1Br. The fourth-order valence-corrected chi connectivity index (χ4v) is 2.58. The number of hydrogen-bond donors (Lipinski definition) is 1. The molecule has 0 unspecified atom stereocenters. The molecule has 0 aliphatic carbocycles. The number of benzene rings is 2. The summed E-state index contributed by atoms with van der Waals surface area (Å²) in [4.78, 5) is 11.0. The van der Waals surface area contributed by atoms with Crippen molar-refractivity contribution in [2.45, 2.75) is 13.8 Å². The predicted octanol–water partition coefficient (Wildman–Crippen LogP) is 4.49. The topological polar surface area (TPSA) is 46.5 Å². The number of rotatable bonds is 4. The molecule has 4 heteroatoms. The van der Waals surface area contributed by atoms with Gasteiger partial charge in [0.1, 0.15) is 11.5 Å². The summed E-state index contributed by atoms with van der Waals surface area (Å²) in [5.74, 6) is 0.580. The molecule has 0 radical (unpaired) electrons. The van der Waals surface area contributed by atoms with Crippen LogP contribution in [0.5, 0.6) is 5.75 Å². The Labute approximate surface area is 126 Å². The van der Waals surface area contributed by atoms with E-state index in [9.17, 15) is 9.90 Å². The quantitative estimate of drug-likeness (QED) is 0.661. The fourth-order valence-electron chi connectivity index (χ4n) is 1.97. The van der Waals surface area contributed by atoms with Gasteiger partial charge >= 0.3 is 0 Å². The summed E-state index contributed by atoms with van der Waals surface area (Å²) in [7, 11) is 0. The molecule has 0 fully saturated rings. The Hall–Kier alpha value is -1.81. The number of fused-ring (bicyclic) bond motifs is 1. The molecule has 0 aromatic heterocycles. The van der Waals surface area contributed by atoms with Crippen molar-refractivity contribution in [3.63, 3.8) is 0 Å². The van der Waals surface area contributed by atoms with Crippen LogP contribution < -0.4 is 4.74 Å². The van der Waals surface area contributed by atoms with Crippen LogP contribution in [0, 0.1) is 0 Å². The molecule has 2 aromatic carbocycles. The van der Waals surface area contributed by atoms with Crippen LogP contribution >= 0.6 is 15.9 Å². The molecule has 0 atom stereocenters. The number of carbonyl (C=O) groups is 1. The third kappa shape index (κ3) is 3.02. The van der Waals surface area contributed by atoms with Gasteiger partial charge in [-0.05, 0) is 52.7 Å². The van der Waals surface area contributed by atoms with E-state index in [2.05, 4.69) is 15.9 Å². The summed E-state index contributed by atoms with van der Waals surface area (Å²) in [6, 6.07) is 9.31. The van der Waals surface area contributed by atoms with Gasteiger partial charge in [0.05, 0.1) is 11.1 Å². The summed E-state index contributed by atoms with van der Waals surface area (Å²) >= 11 is 3.53. The molecule has 1 N–H and O–H groups in total. The number of allylic oxidation sites excluding steroid dienone is 1. The highest BCUT2D eigenvalue weighted by molar-refractivity contribution is 9.10. The first kappa shape index (κ1) is 14.6. The van der Waals surface area contributed by atoms with Crippen molar-refractivity contribution in [2.24, 2.45) is 0 Å². The largest absolute Gasteiger partial charge is 0.507 e. The minimum absolute atomic E-state index is 0.0237. The summed E-state index contributed by atoms with van der Waals surface area (Å²) in [5, 5.41) is 11.8. The molecule has 0 saturated carbocycles. The molecule has 0 spiro atoms. The summed E-state index contributed by atoms with van der Waals surface area (Å²) in [6.45, 7) is 3.94. The van der Waals surface area contributed by atoms with Crippen LogP contribution in [0.2, 0.25) is 0 Å². The first-order chi connectivity index (χ1) is 9.52. The van der Waals surface area contributed by atoms with Crippen LogP contribution in [0.25, 0.3) is 16.5 Å². The zero-order chi connectivity index (χ0) is 14.7. The van der Waals surface area contributed by atoms with E-state index in [-0.39, 0.29) is 11.5 Å². The second-order valence-corrected chi connectivity index (χ2v) is 5.18. The van der Waals surface area contributed by atoms with Crippen molar-refractivity contribution in [1.82, 2.24) is 0 Å². The maximum atomic E-state index is 11.0. The van der Waals surface area contributed by atoms with Gasteiger partial charge in [0.15, 0.2) is 5.78 Å². The van der Waals surface area contributed by atoms with E-state index in [1.165, 1.54) is 13.0 Å². The smallest absolute Gasteiger partial charge is 0.156 e. The number of aliphatic hydroxyl groups is 1. The zero-order valence-electron chi connectivity index (χ0n) is 11.3. The van der Waals surface area contributed by atoms with Crippen molar-refractivity contribution in [1.29, 1.82) is 0 Å². The Morgan fingerprint density at radius 1 is 1.35 bits per heavy atom. The van der Waals surface area contributed by atoms with Gasteiger partial charge in [-0.25, -0.2) is 0 Å². The van der Waals surface area contributed by atoms with E-state index in [0.717, 1.165) is 21.0 Å². The molecule has 104 valence electrons. The molecule has 0 aliphatic rings. The van der Waals surface area contributed by atoms with Gasteiger partial charge < -0.3 is 9.84 Å². The molecule has 0 amide bonds. The van der Waals surface area contributed by atoms with Crippen LogP contribution in [0.15, 0.2) is 40.9 Å². The van der Waals surface area contributed by atoms with E-state index >= 15 is 0 Å². The van der Waals surface area contributed by atoms with Crippen molar-refractivity contribution in [3.05, 3.63) is 46.4 Å². The fraction of sp³-hybridized carbons (Fsp3) is 0.188. The van der Waals surface area contributed by atoms with Gasteiger partial charge in [-0.1, -0.05) is 18.2 Å². The standard InChI is InChI=1S/C16H15BrO3/c1-3-20-15-7-5-11-9-12(14(19)8-10(2)18)4-6-13(11)16(15)17/h4-9,19H,3H2,1-2H3/b14-8-. The Balaban J connectivity index is 2.51. The first-order valence-electron chi connectivity index (χ1n) is 6.29. The molecule has 0 bridgehead atoms. The number of aliphatic hydroxyl groups excluding tert-OH is 1. The average Bonchev–Trinajstić information content (AvgIpc) is 2.41. The highest BCUT2D eigenvalue weighted by Gasteiger charge is 2.08. The molecular formula is C16H15BrO3. The van der Waals surface area contributed by atoms with Gasteiger partial charge in [-0.2, -0.15) is 0 Å². The van der Waals surface area contributed by atoms with E-state index in [1.807, 2.05) is 31.2 Å². The Kier molecular flexibility index (Phi) is 4.45. The highest BCUT2D eigenvalue weighted by atomic mass is 79.9. The number of ketones is 1. The molecule has 0 aliphatic heterocycles. The number of hydrogen-bond acceptors (Lipinski definition) is 3. The van der Waals surface area contributed by atoms with E-state index in [1.54, 1.807) is 6.07 Å². The third-order valence-corrected chi connectivity index (χ3v) is 3.67. The van der Waals surface area contributed by atoms with Crippen LogP contribution in [-0.2, 0) is 4.79 Å². The van der Waals surface area contributed by atoms with Crippen molar-refractivity contribution in [3.8, 4) is 5.75 Å². The second-order valence-electron chi connectivity index (χ2n) is 4.39. The van der Waals surface area contributed by atoms with Gasteiger partial charge in [-0.15, -0.1) is 0 Å². The van der Waals surface area contributed by atoms with Gasteiger partial charge in [0.2, 0.25) is 0 Å². The minimum Gasteiger partial charge on any atom is -0.507 e. The van der Waals surface area contributed by atoms with E-state index in [4.69, 9.17) is 4.74 Å². The molecule has 2 rings (SSSR count). The highest BCUT2D eigenvalue weighted by Crippen LogP contribution is 2.34. The van der Waals surface area contributed by atoms with E-state index in [0.29, 0.717) is 12.2 Å². The Morgan fingerprint density at radius 3 is 2.75 bits per heavy atom. The lowest BCUT2D eigenvalue weighted by atomic mass is 10.0. The average molecular weight is 335 g/mol. The van der Waals surface area contributed by atoms with Crippen LogP contribution in [0.1, 0.15) is 19.4 Å². The first-order valence-corrected chi connectivity index (χ1v) is 7.09. The van der Waals surface area contributed by atoms with Crippen molar-refractivity contribution >= 4 is 38.2 Å². The Bertz CT molecular complexity index is 689. The Morgan fingerprint density at radius 2 is 2.10 bits per heavy atom. The van der Waals surface area contributed by atoms with Gasteiger partial charge in [0.25, 0.3) is 0 Å². The minimum atomic E-state index is -0.185. The molecule has 2 aromatic rings. The molecule has 3 nitrogen and oxygen atoms in total. The number of halogens is 1. The molecule has 0 saturated heterocycles. The summed E-state index contributed by atoms with van der Waals surface area (Å²) in [6.07, 6.45) is 1.21. The molecule has 20 heavy (non-hydrogen) atoms. The van der Waals surface area contributed by atoms with Crippen molar-refractivity contribution in [2.75, 3.05) is 6.61 Å². The van der Waals surface area contributed by atoms with Crippen LogP contribution in [-0.4, -0.2) is 17.5 Å². The third-order valence-electron chi connectivity index (χ3n) is 2.85. The summed E-state index contributed by atoms with van der Waals surface area (Å²) in [5.41, 5.74) is 0.615. The van der Waals surface area contributed by atoms with E-state index < -0.39 is 0 Å². The summed E-state index contributed by atoms with van der Waals surface area (Å²) < 4.78 is 6.41. The predicted molar refractivity (Wildman–Crippen MR) is 84.1 cm³/mol. The zero-order valence-corrected chi connectivity index (χ0v) is 12.9. The second kappa shape index (κ2) is 6.09. The van der Waals surface area contributed by atoms with Gasteiger partial charge in [0, 0.05) is 11.6 Å². The number of ether oxygens (including phenoxy) is 1. The van der Waals surface area contributed by atoms with Crippen LogP contribution in [0.3, 0.4) is 0 Å². The lowest BCUT2D eigenvalue weighted by Crippen LogP contribution is -1.93. The maximum absolute atomic E-state index is 11.0. The lowest BCUT2D eigenvalue weighted by Gasteiger charge is -2.09. The lowest BCUT2D eigenvalue weighted by molar-refractivity contribution is -0.112. The number of carbonyl (C=O) groups excluding carboxylic acids is 1. The van der Waals surface area contributed by atoms with Gasteiger partial charge in [-0.3, -0.25) is 4.79 Å². The van der Waals surface area contributed by atoms with Crippen LogP contribution in [0.4, 0.5) is 0 Å². The molecular weight excluding hydrogens is 320 g/mol. The monoisotopic (exact) mass is 334 g/mol.